The number of benzene rings is 1. The van der Waals surface area contributed by atoms with Crippen LogP contribution in [0.5, 0.6) is 0 Å². The number of likely N-dealkylation sites (tertiary alicyclic amines) is 1. The van der Waals surface area contributed by atoms with Gasteiger partial charge in [-0.05, 0) is 38.1 Å². The average molecular weight is 398 g/mol. The summed E-state index contributed by atoms with van der Waals surface area (Å²) in [5.41, 5.74) is 2.91. The molecule has 0 aliphatic carbocycles. The van der Waals surface area contributed by atoms with Crippen molar-refractivity contribution in [3.63, 3.8) is 0 Å². The maximum Gasteiger partial charge on any atom is 0.276 e. The number of aryl methyl sites for hydroxylation is 1. The fourth-order valence-electron chi connectivity index (χ4n) is 3.86. The first-order valence-corrected chi connectivity index (χ1v) is 8.67. The average Bonchev–Trinajstić information content (AvgIpc) is 3.26. The Morgan fingerprint density at radius 2 is 1.85 bits per heavy atom. The molecular weight excluding hydrogens is 373 g/mol. The molecule has 26 heavy (non-hydrogen) atoms. The maximum absolute atomic E-state index is 12.9. The van der Waals surface area contributed by atoms with Crippen molar-refractivity contribution in [2.45, 2.75) is 26.2 Å². The van der Waals surface area contributed by atoms with E-state index in [1.54, 1.807) is 0 Å². The van der Waals surface area contributed by atoms with Gasteiger partial charge in [-0.25, -0.2) is 4.98 Å². The molecule has 1 aromatic carbocycles. The molecule has 4 rings (SSSR count). The third kappa shape index (κ3) is 3.90. The van der Waals surface area contributed by atoms with Gasteiger partial charge in [0.15, 0.2) is 17.8 Å². The summed E-state index contributed by atoms with van der Waals surface area (Å²) in [6.07, 6.45) is 4.75. The third-order valence-electron chi connectivity index (χ3n) is 5.53. The number of nitrogens with zero attached hydrogens (tertiary/aromatic N) is 2. The number of amides is 1. The van der Waals surface area contributed by atoms with Crippen LogP contribution < -0.4 is 5.32 Å². The summed E-state index contributed by atoms with van der Waals surface area (Å²) in [6.45, 7) is 5.85. The zero-order chi connectivity index (χ0) is 16.6. The number of piperidine rings is 1. The third-order valence-corrected chi connectivity index (χ3v) is 5.53. The lowest BCUT2D eigenvalue weighted by molar-refractivity contribution is 0.0603. The number of hydrogen-bond acceptors (Lipinski definition) is 4. The second-order valence-corrected chi connectivity index (χ2v) is 7.12. The van der Waals surface area contributed by atoms with E-state index in [0.717, 1.165) is 44.6 Å². The standard InChI is InChI=1S/C19H23N3O2.2ClH/c1-14-2-4-15(5-3-14)17-16(21-13-24-17)18(23)22-10-7-19(8-11-22)6-9-20-12-19;;/h2-5,13,20H,6-12H2,1H3;2*1H. The quantitative estimate of drug-likeness (QED) is 0.838. The van der Waals surface area contributed by atoms with Crippen LogP contribution in [-0.4, -0.2) is 42.0 Å². The molecule has 2 aliphatic heterocycles. The van der Waals surface area contributed by atoms with Crippen LogP contribution in [0.3, 0.4) is 0 Å². The van der Waals surface area contributed by atoms with Crippen molar-refractivity contribution in [3.05, 3.63) is 41.9 Å². The summed E-state index contributed by atoms with van der Waals surface area (Å²) < 4.78 is 5.53. The van der Waals surface area contributed by atoms with E-state index in [0.29, 0.717) is 16.9 Å². The van der Waals surface area contributed by atoms with Crippen molar-refractivity contribution in [1.29, 1.82) is 0 Å². The van der Waals surface area contributed by atoms with Gasteiger partial charge < -0.3 is 14.6 Å². The lowest BCUT2D eigenvalue weighted by Crippen LogP contribution is -2.44. The largest absolute Gasteiger partial charge is 0.443 e. The summed E-state index contributed by atoms with van der Waals surface area (Å²) in [5, 5.41) is 3.46. The maximum atomic E-state index is 12.9. The minimum atomic E-state index is -0.0138. The zero-order valence-electron chi connectivity index (χ0n) is 14.9. The number of aromatic nitrogens is 1. The molecule has 5 nitrogen and oxygen atoms in total. The molecule has 3 heterocycles. The fourth-order valence-corrected chi connectivity index (χ4v) is 3.86. The molecule has 0 bridgehead atoms. The van der Waals surface area contributed by atoms with Crippen molar-refractivity contribution in [2.75, 3.05) is 26.2 Å². The first kappa shape index (κ1) is 20.7. The molecule has 7 heteroatoms. The fraction of sp³-hybridized carbons (Fsp3) is 0.474. The molecule has 1 amide bonds. The Hall–Kier alpha value is -1.56. The Kier molecular flexibility index (Phi) is 6.72. The van der Waals surface area contributed by atoms with E-state index in [1.807, 2.05) is 36.1 Å². The SMILES string of the molecule is Cc1ccc(-c2ocnc2C(=O)N2CCC3(CCNC3)CC2)cc1.Cl.Cl. The number of hydrogen-bond donors (Lipinski definition) is 1. The van der Waals surface area contributed by atoms with Gasteiger partial charge in [-0.1, -0.05) is 29.8 Å². The van der Waals surface area contributed by atoms with Gasteiger partial charge in [0.2, 0.25) is 0 Å². The highest BCUT2D eigenvalue weighted by Crippen LogP contribution is 2.37. The molecule has 1 aromatic heterocycles. The van der Waals surface area contributed by atoms with E-state index >= 15 is 0 Å². The van der Waals surface area contributed by atoms with E-state index < -0.39 is 0 Å². The van der Waals surface area contributed by atoms with Crippen LogP contribution in [0.25, 0.3) is 11.3 Å². The minimum absolute atomic E-state index is 0. The topological polar surface area (TPSA) is 58.4 Å². The lowest BCUT2D eigenvalue weighted by Gasteiger charge is -2.38. The van der Waals surface area contributed by atoms with E-state index in [1.165, 1.54) is 18.4 Å². The van der Waals surface area contributed by atoms with Crippen molar-refractivity contribution in [2.24, 2.45) is 5.41 Å². The molecule has 0 atom stereocenters. The summed E-state index contributed by atoms with van der Waals surface area (Å²) in [5.74, 6) is 0.558. The molecule has 142 valence electrons. The van der Waals surface area contributed by atoms with E-state index in [-0.39, 0.29) is 30.7 Å². The van der Waals surface area contributed by atoms with Crippen molar-refractivity contribution in [3.8, 4) is 11.3 Å². The number of nitrogens with one attached hydrogen (secondary N) is 1. The second-order valence-electron chi connectivity index (χ2n) is 7.12. The van der Waals surface area contributed by atoms with Crippen LogP contribution >= 0.6 is 24.8 Å². The molecule has 0 radical (unpaired) electrons. The minimum Gasteiger partial charge on any atom is -0.443 e. The van der Waals surface area contributed by atoms with Gasteiger partial charge in [-0.2, -0.15) is 0 Å². The predicted molar refractivity (Wildman–Crippen MR) is 106 cm³/mol. The van der Waals surface area contributed by atoms with E-state index in [9.17, 15) is 4.79 Å². The van der Waals surface area contributed by atoms with Gasteiger partial charge in [0.25, 0.3) is 5.91 Å². The summed E-state index contributed by atoms with van der Waals surface area (Å²) in [4.78, 5) is 19.1. The summed E-state index contributed by atoms with van der Waals surface area (Å²) in [7, 11) is 0. The second kappa shape index (κ2) is 8.42. The molecule has 1 N–H and O–H groups in total. The number of halogens is 2. The monoisotopic (exact) mass is 397 g/mol. The van der Waals surface area contributed by atoms with Crippen molar-refractivity contribution < 1.29 is 9.21 Å². The first-order valence-electron chi connectivity index (χ1n) is 8.67. The van der Waals surface area contributed by atoms with Crippen LogP contribution in [0.15, 0.2) is 35.1 Å². The molecule has 0 unspecified atom stereocenters. The Labute approximate surface area is 166 Å². The molecular formula is C19H25Cl2N3O2. The van der Waals surface area contributed by atoms with Crippen LogP contribution in [0.4, 0.5) is 0 Å². The number of oxazole rings is 1. The Morgan fingerprint density at radius 1 is 1.15 bits per heavy atom. The zero-order valence-corrected chi connectivity index (χ0v) is 16.5. The van der Waals surface area contributed by atoms with Gasteiger partial charge in [-0.3, -0.25) is 4.79 Å². The predicted octanol–water partition coefficient (Wildman–Crippen LogP) is 3.71. The van der Waals surface area contributed by atoms with Gasteiger partial charge in [0, 0.05) is 25.2 Å². The summed E-state index contributed by atoms with van der Waals surface area (Å²) >= 11 is 0. The molecule has 0 saturated carbocycles. The van der Waals surface area contributed by atoms with Gasteiger partial charge in [-0.15, -0.1) is 24.8 Å². The van der Waals surface area contributed by atoms with Gasteiger partial charge in [0.1, 0.15) is 0 Å². The smallest absolute Gasteiger partial charge is 0.276 e. The Morgan fingerprint density at radius 3 is 2.46 bits per heavy atom. The van der Waals surface area contributed by atoms with Gasteiger partial charge >= 0.3 is 0 Å². The lowest BCUT2D eigenvalue weighted by atomic mass is 9.78. The molecule has 2 aromatic rings. The Balaban J connectivity index is 0.00000121. The highest BCUT2D eigenvalue weighted by atomic mass is 35.5. The van der Waals surface area contributed by atoms with Crippen LogP contribution in [-0.2, 0) is 0 Å². The van der Waals surface area contributed by atoms with Crippen LogP contribution in [0, 0.1) is 12.3 Å². The normalized spacial score (nSPS) is 18.3. The van der Waals surface area contributed by atoms with Crippen LogP contribution in [0.1, 0.15) is 35.3 Å². The highest BCUT2D eigenvalue weighted by molar-refractivity contribution is 5.97. The number of carbonyl (C=O) groups is 1. The molecule has 1 spiro atoms. The van der Waals surface area contributed by atoms with Crippen molar-refractivity contribution >= 4 is 30.7 Å². The Bertz CT molecular complexity index is 729. The van der Waals surface area contributed by atoms with Crippen LogP contribution in [0.2, 0.25) is 0 Å². The van der Waals surface area contributed by atoms with Crippen molar-refractivity contribution in [1.82, 2.24) is 15.2 Å². The van der Waals surface area contributed by atoms with E-state index in [2.05, 4.69) is 10.3 Å². The highest BCUT2D eigenvalue weighted by Gasteiger charge is 2.38. The molecule has 2 aliphatic rings. The summed E-state index contributed by atoms with van der Waals surface area (Å²) in [6, 6.07) is 7.98. The molecule has 2 saturated heterocycles. The molecule has 2 fully saturated rings. The number of carbonyl (C=O) groups excluding carboxylic acids is 1. The van der Waals surface area contributed by atoms with Gasteiger partial charge in [0.05, 0.1) is 0 Å². The van der Waals surface area contributed by atoms with E-state index in [4.69, 9.17) is 4.42 Å². The first-order chi connectivity index (χ1) is 11.7. The number of rotatable bonds is 2.